The zero-order valence-electron chi connectivity index (χ0n) is 9.65. The van der Waals surface area contributed by atoms with E-state index in [1.54, 1.807) is 23.3 Å². The van der Waals surface area contributed by atoms with Gasteiger partial charge in [0.25, 0.3) is 0 Å². The number of pyridine rings is 1. The zero-order chi connectivity index (χ0) is 13.9. The number of alkyl halides is 3. The van der Waals surface area contributed by atoms with Crippen molar-refractivity contribution in [3.63, 3.8) is 0 Å². The Morgan fingerprint density at radius 2 is 2.16 bits per heavy atom. The molecule has 0 atom stereocenters. The van der Waals surface area contributed by atoms with E-state index in [0.717, 1.165) is 6.07 Å². The van der Waals surface area contributed by atoms with E-state index >= 15 is 0 Å². The first kappa shape index (κ1) is 13.9. The van der Waals surface area contributed by atoms with Crippen LogP contribution in [0.15, 0.2) is 35.5 Å². The number of hydrogen-bond acceptors (Lipinski definition) is 3. The molecule has 0 spiro atoms. The summed E-state index contributed by atoms with van der Waals surface area (Å²) in [5, 5.41) is 2.68. The number of hydrogen-bond donors (Lipinski definition) is 1. The molecule has 2 aromatic heterocycles. The summed E-state index contributed by atoms with van der Waals surface area (Å²) in [6, 6.07) is 1.01. The molecule has 0 aliphatic rings. The Morgan fingerprint density at radius 1 is 1.37 bits per heavy atom. The summed E-state index contributed by atoms with van der Waals surface area (Å²) in [5.41, 5.74) is -0.785. The van der Waals surface area contributed by atoms with E-state index < -0.39 is 11.7 Å². The average Bonchev–Trinajstić information content (AvgIpc) is 2.83. The highest BCUT2D eigenvalue weighted by molar-refractivity contribution is 9.10. The van der Waals surface area contributed by atoms with Crippen LogP contribution < -0.4 is 5.32 Å². The van der Waals surface area contributed by atoms with Crippen LogP contribution in [0.1, 0.15) is 5.56 Å². The molecular formula is C11H10BrF3N4. The van der Waals surface area contributed by atoms with Gasteiger partial charge in [-0.1, -0.05) is 0 Å². The summed E-state index contributed by atoms with van der Waals surface area (Å²) in [6.07, 6.45) is 1.84. The molecule has 0 aromatic carbocycles. The SMILES string of the molecule is FC(F)(F)c1cc(Br)cnc1NCCn1ccnc1. The standard InChI is InChI=1S/C11H10BrF3N4/c12-8-5-9(11(13,14)15)10(18-6-8)17-2-4-19-3-1-16-7-19/h1,3,5-7H,2,4H2,(H,17,18). The molecule has 4 nitrogen and oxygen atoms in total. The van der Waals surface area contributed by atoms with Crippen LogP contribution >= 0.6 is 15.9 Å². The maximum atomic E-state index is 12.8. The van der Waals surface area contributed by atoms with Crippen molar-refractivity contribution in [1.82, 2.24) is 14.5 Å². The molecule has 0 bridgehead atoms. The van der Waals surface area contributed by atoms with Gasteiger partial charge in [0.15, 0.2) is 0 Å². The molecule has 1 N–H and O–H groups in total. The molecule has 19 heavy (non-hydrogen) atoms. The van der Waals surface area contributed by atoms with Crippen molar-refractivity contribution in [3.05, 3.63) is 41.0 Å². The molecule has 0 radical (unpaired) electrons. The molecular weight excluding hydrogens is 325 g/mol. The van der Waals surface area contributed by atoms with Crippen LogP contribution in [0.4, 0.5) is 19.0 Å². The second-order valence-corrected chi connectivity index (χ2v) is 4.69. The van der Waals surface area contributed by atoms with Gasteiger partial charge in [-0.15, -0.1) is 0 Å². The lowest BCUT2D eigenvalue weighted by Gasteiger charge is -2.13. The molecule has 0 saturated heterocycles. The second kappa shape index (κ2) is 5.60. The van der Waals surface area contributed by atoms with Gasteiger partial charge in [-0.3, -0.25) is 0 Å². The summed E-state index contributed by atoms with van der Waals surface area (Å²) in [6.45, 7) is 0.836. The van der Waals surface area contributed by atoms with Gasteiger partial charge in [-0.25, -0.2) is 9.97 Å². The summed E-state index contributed by atoms with van der Waals surface area (Å²) >= 11 is 2.99. The predicted molar refractivity (Wildman–Crippen MR) is 67.7 cm³/mol. The number of anilines is 1. The molecule has 0 aliphatic carbocycles. The minimum Gasteiger partial charge on any atom is -0.368 e. The van der Waals surface area contributed by atoms with Crippen LogP contribution in [0.3, 0.4) is 0 Å². The Kier molecular flexibility index (Phi) is 4.08. The summed E-state index contributed by atoms with van der Waals surface area (Å²) < 4.78 is 40.5. The fourth-order valence-corrected chi connectivity index (χ4v) is 1.85. The van der Waals surface area contributed by atoms with Crippen LogP contribution in [0.5, 0.6) is 0 Å². The first-order valence-corrected chi connectivity index (χ1v) is 6.18. The highest BCUT2D eigenvalue weighted by Gasteiger charge is 2.34. The Hall–Kier alpha value is -1.57. The highest BCUT2D eigenvalue weighted by Crippen LogP contribution is 2.35. The maximum Gasteiger partial charge on any atom is 0.419 e. The number of nitrogens with one attached hydrogen (secondary N) is 1. The van der Waals surface area contributed by atoms with Crippen LogP contribution in [0, 0.1) is 0 Å². The first-order valence-electron chi connectivity index (χ1n) is 5.39. The third-order valence-corrected chi connectivity index (χ3v) is 2.82. The van der Waals surface area contributed by atoms with E-state index in [1.165, 1.54) is 6.20 Å². The van der Waals surface area contributed by atoms with Crippen LogP contribution in [-0.4, -0.2) is 21.1 Å². The van der Waals surface area contributed by atoms with Gasteiger partial charge in [0.1, 0.15) is 5.82 Å². The van der Waals surface area contributed by atoms with Crippen molar-refractivity contribution >= 4 is 21.7 Å². The van der Waals surface area contributed by atoms with Crippen molar-refractivity contribution in [2.45, 2.75) is 12.7 Å². The largest absolute Gasteiger partial charge is 0.419 e. The van der Waals surface area contributed by atoms with Crippen molar-refractivity contribution in [1.29, 1.82) is 0 Å². The second-order valence-electron chi connectivity index (χ2n) is 3.77. The molecule has 0 fully saturated rings. The Bertz CT molecular complexity index is 539. The van der Waals surface area contributed by atoms with Gasteiger partial charge in [-0.05, 0) is 22.0 Å². The maximum absolute atomic E-state index is 12.8. The van der Waals surface area contributed by atoms with Gasteiger partial charge in [0.2, 0.25) is 0 Å². The molecule has 2 heterocycles. The monoisotopic (exact) mass is 334 g/mol. The summed E-state index contributed by atoms with van der Waals surface area (Å²) in [5.74, 6) is -0.171. The van der Waals surface area contributed by atoms with Crippen LogP contribution in [0.25, 0.3) is 0 Å². The normalized spacial score (nSPS) is 11.6. The minimum atomic E-state index is -4.44. The van der Waals surface area contributed by atoms with E-state index in [4.69, 9.17) is 0 Å². The van der Waals surface area contributed by atoms with Crippen molar-refractivity contribution in [2.24, 2.45) is 0 Å². The van der Waals surface area contributed by atoms with E-state index in [9.17, 15) is 13.2 Å². The van der Waals surface area contributed by atoms with Crippen molar-refractivity contribution < 1.29 is 13.2 Å². The summed E-state index contributed by atoms with van der Waals surface area (Å²) in [4.78, 5) is 7.61. The van der Waals surface area contributed by atoms with E-state index in [2.05, 4.69) is 31.2 Å². The third kappa shape index (κ3) is 3.69. The molecule has 0 amide bonds. The molecule has 0 saturated carbocycles. The van der Waals surface area contributed by atoms with Gasteiger partial charge in [0.05, 0.1) is 11.9 Å². The van der Waals surface area contributed by atoms with E-state index in [1.807, 2.05) is 0 Å². The Balaban J connectivity index is 2.07. The quantitative estimate of drug-likeness (QED) is 0.933. The van der Waals surface area contributed by atoms with E-state index in [0.29, 0.717) is 17.6 Å². The number of rotatable bonds is 4. The molecule has 2 aromatic rings. The molecule has 102 valence electrons. The molecule has 0 aliphatic heterocycles. The predicted octanol–water partition coefficient (Wildman–Crippen LogP) is 3.17. The number of aromatic nitrogens is 3. The number of imidazole rings is 1. The Labute approximate surface area is 115 Å². The number of nitrogens with zero attached hydrogens (tertiary/aromatic N) is 3. The van der Waals surface area contributed by atoms with E-state index in [-0.39, 0.29) is 5.82 Å². The fraction of sp³-hybridized carbons (Fsp3) is 0.273. The van der Waals surface area contributed by atoms with Crippen LogP contribution in [0.2, 0.25) is 0 Å². The smallest absolute Gasteiger partial charge is 0.368 e. The lowest BCUT2D eigenvalue weighted by molar-refractivity contribution is -0.137. The van der Waals surface area contributed by atoms with Gasteiger partial charge in [0, 0.05) is 36.2 Å². The average molecular weight is 335 g/mol. The van der Waals surface area contributed by atoms with Crippen molar-refractivity contribution in [2.75, 3.05) is 11.9 Å². The molecule has 0 unspecified atom stereocenters. The number of halogens is 4. The fourth-order valence-electron chi connectivity index (χ4n) is 1.52. The first-order chi connectivity index (χ1) is 8.97. The molecule has 8 heteroatoms. The Morgan fingerprint density at radius 3 is 2.79 bits per heavy atom. The third-order valence-electron chi connectivity index (χ3n) is 2.38. The van der Waals surface area contributed by atoms with Gasteiger partial charge < -0.3 is 9.88 Å². The lowest BCUT2D eigenvalue weighted by atomic mass is 10.2. The van der Waals surface area contributed by atoms with Crippen molar-refractivity contribution in [3.8, 4) is 0 Å². The summed E-state index contributed by atoms with van der Waals surface area (Å²) in [7, 11) is 0. The zero-order valence-corrected chi connectivity index (χ0v) is 11.2. The van der Waals surface area contributed by atoms with Gasteiger partial charge >= 0.3 is 6.18 Å². The molecule has 2 rings (SSSR count). The highest BCUT2D eigenvalue weighted by atomic mass is 79.9. The van der Waals surface area contributed by atoms with Crippen LogP contribution in [-0.2, 0) is 12.7 Å². The van der Waals surface area contributed by atoms with Gasteiger partial charge in [-0.2, -0.15) is 13.2 Å². The minimum absolute atomic E-state index is 0.171. The lowest BCUT2D eigenvalue weighted by Crippen LogP contribution is -2.15. The topological polar surface area (TPSA) is 42.7 Å².